The summed E-state index contributed by atoms with van der Waals surface area (Å²) in [6.45, 7) is 6.59. The molecule has 0 aliphatic rings. The molecule has 0 aliphatic heterocycles. The lowest BCUT2D eigenvalue weighted by atomic mass is 9.96. The van der Waals surface area contributed by atoms with Crippen molar-refractivity contribution in [2.75, 3.05) is 12.8 Å². The zero-order valence-corrected chi connectivity index (χ0v) is 11.5. The molecule has 2 aromatic rings. The Bertz CT molecular complexity index is 545. The summed E-state index contributed by atoms with van der Waals surface area (Å²) in [5.74, 6) is 2.46. The second-order valence-electron chi connectivity index (χ2n) is 5.18. The highest BCUT2D eigenvalue weighted by Gasteiger charge is 2.18. The van der Waals surface area contributed by atoms with Crippen molar-refractivity contribution < 1.29 is 4.74 Å². The lowest BCUT2D eigenvalue weighted by Gasteiger charge is -2.11. The average Bonchev–Trinajstić information content (AvgIpc) is 2.66. The smallest absolute Gasteiger partial charge is 0.181 e. The van der Waals surface area contributed by atoms with Crippen LogP contribution in [0.5, 0.6) is 5.75 Å². The van der Waals surface area contributed by atoms with Crippen molar-refractivity contribution in [2.24, 2.45) is 5.92 Å². The fourth-order valence-corrected chi connectivity index (χ4v) is 2.42. The van der Waals surface area contributed by atoms with Gasteiger partial charge in [0.15, 0.2) is 11.4 Å². The summed E-state index contributed by atoms with van der Waals surface area (Å²) in [6, 6.07) is 3.82. The van der Waals surface area contributed by atoms with Gasteiger partial charge in [0.25, 0.3) is 0 Å². The number of rotatable bonds is 4. The number of fused-ring (bicyclic) bond motifs is 1. The lowest BCUT2D eigenvalue weighted by Crippen LogP contribution is -2.03. The summed E-state index contributed by atoms with van der Waals surface area (Å²) in [7, 11) is 1.65. The van der Waals surface area contributed by atoms with E-state index in [-0.39, 0.29) is 0 Å². The van der Waals surface area contributed by atoms with E-state index in [1.807, 2.05) is 22.7 Å². The van der Waals surface area contributed by atoms with Crippen LogP contribution in [0.15, 0.2) is 18.3 Å². The van der Waals surface area contributed by atoms with Crippen LogP contribution in [0.2, 0.25) is 0 Å². The molecular weight excluding hydrogens is 226 g/mol. The van der Waals surface area contributed by atoms with Gasteiger partial charge in [-0.1, -0.05) is 20.8 Å². The minimum absolute atomic E-state index is 0.356. The zero-order valence-electron chi connectivity index (χ0n) is 11.5. The number of methoxy groups -OCH3 is 1. The maximum absolute atomic E-state index is 6.18. The molecule has 2 rings (SSSR count). The van der Waals surface area contributed by atoms with E-state index in [4.69, 9.17) is 10.5 Å². The predicted octanol–water partition coefficient (Wildman–Crippen LogP) is 3.07. The van der Waals surface area contributed by atoms with Crippen molar-refractivity contribution in [3.8, 4) is 5.75 Å². The van der Waals surface area contributed by atoms with Gasteiger partial charge in [-0.2, -0.15) is 0 Å². The molecule has 1 unspecified atom stereocenters. The number of nitrogen functional groups attached to an aromatic ring is 1. The van der Waals surface area contributed by atoms with Crippen LogP contribution in [-0.4, -0.2) is 16.5 Å². The Morgan fingerprint density at radius 3 is 2.72 bits per heavy atom. The quantitative estimate of drug-likeness (QED) is 0.903. The number of nitrogens with zero attached hydrogens (tertiary/aromatic N) is 2. The van der Waals surface area contributed by atoms with E-state index in [0.29, 0.717) is 11.8 Å². The fraction of sp³-hybridized carbons (Fsp3) is 0.500. The van der Waals surface area contributed by atoms with Crippen LogP contribution >= 0.6 is 0 Å². The van der Waals surface area contributed by atoms with Crippen molar-refractivity contribution in [3.05, 3.63) is 24.0 Å². The van der Waals surface area contributed by atoms with E-state index < -0.39 is 0 Å². The molecule has 0 radical (unpaired) electrons. The van der Waals surface area contributed by atoms with E-state index in [1.54, 1.807) is 7.11 Å². The molecule has 0 bridgehead atoms. The molecule has 0 aliphatic carbocycles. The molecule has 0 amide bonds. The highest BCUT2D eigenvalue weighted by atomic mass is 16.5. The Balaban J connectivity index is 2.50. The third kappa shape index (κ3) is 2.15. The first kappa shape index (κ1) is 12.7. The molecular formula is C14H21N3O. The first-order valence-corrected chi connectivity index (χ1v) is 6.35. The molecule has 98 valence electrons. The first-order valence-electron chi connectivity index (χ1n) is 6.35. The number of aromatic nitrogens is 2. The molecule has 0 aromatic carbocycles. The minimum atomic E-state index is 0.356. The molecule has 0 fully saturated rings. The van der Waals surface area contributed by atoms with Gasteiger partial charge in [-0.3, -0.25) is 4.40 Å². The van der Waals surface area contributed by atoms with Gasteiger partial charge in [0, 0.05) is 12.1 Å². The highest BCUT2D eigenvalue weighted by molar-refractivity contribution is 5.61. The standard InChI is InChI=1S/C14H21N3O/c1-9(2)8-10(3)12-13(15)17-7-5-6-11(18-4)14(17)16-12/h5-7,9-10H,8,15H2,1-4H3. The summed E-state index contributed by atoms with van der Waals surface area (Å²) < 4.78 is 7.21. The first-order chi connectivity index (χ1) is 8.54. The monoisotopic (exact) mass is 247 g/mol. The summed E-state index contributed by atoms with van der Waals surface area (Å²) in [5, 5.41) is 0. The van der Waals surface area contributed by atoms with Crippen molar-refractivity contribution in [2.45, 2.75) is 33.1 Å². The van der Waals surface area contributed by atoms with Crippen LogP contribution in [0, 0.1) is 5.92 Å². The maximum atomic E-state index is 6.18. The zero-order chi connectivity index (χ0) is 13.3. The molecule has 4 nitrogen and oxygen atoms in total. The maximum Gasteiger partial charge on any atom is 0.181 e. The molecule has 4 heteroatoms. The lowest BCUT2D eigenvalue weighted by molar-refractivity contribution is 0.417. The molecule has 18 heavy (non-hydrogen) atoms. The van der Waals surface area contributed by atoms with Gasteiger partial charge in [0.2, 0.25) is 0 Å². The molecule has 2 aromatic heterocycles. The second-order valence-corrected chi connectivity index (χ2v) is 5.18. The van der Waals surface area contributed by atoms with Crippen LogP contribution in [-0.2, 0) is 0 Å². The summed E-state index contributed by atoms with van der Waals surface area (Å²) >= 11 is 0. The Morgan fingerprint density at radius 2 is 2.11 bits per heavy atom. The number of nitrogens with two attached hydrogens (primary N) is 1. The third-order valence-electron chi connectivity index (χ3n) is 3.19. The average molecular weight is 247 g/mol. The highest BCUT2D eigenvalue weighted by Crippen LogP contribution is 2.30. The van der Waals surface area contributed by atoms with E-state index >= 15 is 0 Å². The number of hydrogen-bond acceptors (Lipinski definition) is 3. The molecule has 0 saturated heterocycles. The van der Waals surface area contributed by atoms with Crippen molar-refractivity contribution >= 4 is 11.5 Å². The normalized spacial score (nSPS) is 13.2. The van der Waals surface area contributed by atoms with Crippen LogP contribution in [0.1, 0.15) is 38.8 Å². The predicted molar refractivity (Wildman–Crippen MR) is 74.0 cm³/mol. The van der Waals surface area contributed by atoms with E-state index in [2.05, 4.69) is 25.8 Å². The molecule has 2 heterocycles. The molecule has 1 atom stereocenters. The third-order valence-corrected chi connectivity index (χ3v) is 3.19. The number of ether oxygens (including phenoxy) is 1. The fourth-order valence-electron chi connectivity index (χ4n) is 2.42. The van der Waals surface area contributed by atoms with E-state index in [9.17, 15) is 0 Å². The largest absolute Gasteiger partial charge is 0.493 e. The Kier molecular flexibility index (Phi) is 3.45. The number of pyridine rings is 1. The summed E-state index contributed by atoms with van der Waals surface area (Å²) in [5.41, 5.74) is 7.94. The van der Waals surface area contributed by atoms with E-state index in [0.717, 1.165) is 29.3 Å². The van der Waals surface area contributed by atoms with Crippen LogP contribution in [0.4, 0.5) is 5.82 Å². The topological polar surface area (TPSA) is 52.5 Å². The number of anilines is 1. The van der Waals surface area contributed by atoms with Crippen molar-refractivity contribution in [1.82, 2.24) is 9.38 Å². The Morgan fingerprint density at radius 1 is 1.39 bits per heavy atom. The van der Waals surface area contributed by atoms with Gasteiger partial charge in [-0.25, -0.2) is 4.98 Å². The summed E-state index contributed by atoms with van der Waals surface area (Å²) in [6.07, 6.45) is 3.00. The van der Waals surface area contributed by atoms with Crippen LogP contribution < -0.4 is 10.5 Å². The molecule has 0 saturated carbocycles. The Labute approximate surface area is 108 Å². The van der Waals surface area contributed by atoms with Gasteiger partial charge in [0.1, 0.15) is 5.82 Å². The van der Waals surface area contributed by atoms with Crippen LogP contribution in [0.25, 0.3) is 5.65 Å². The van der Waals surface area contributed by atoms with Crippen molar-refractivity contribution in [1.29, 1.82) is 0 Å². The van der Waals surface area contributed by atoms with Gasteiger partial charge < -0.3 is 10.5 Å². The molecule has 2 N–H and O–H groups in total. The minimum Gasteiger partial charge on any atom is -0.493 e. The number of imidazole rings is 1. The number of hydrogen-bond donors (Lipinski definition) is 1. The van der Waals surface area contributed by atoms with Gasteiger partial charge in [0.05, 0.1) is 12.8 Å². The second kappa shape index (κ2) is 4.88. The van der Waals surface area contributed by atoms with Gasteiger partial charge in [-0.05, 0) is 24.5 Å². The van der Waals surface area contributed by atoms with Gasteiger partial charge in [-0.15, -0.1) is 0 Å². The van der Waals surface area contributed by atoms with Crippen molar-refractivity contribution in [3.63, 3.8) is 0 Å². The van der Waals surface area contributed by atoms with Gasteiger partial charge >= 0.3 is 0 Å². The SMILES string of the molecule is COc1cccn2c(N)c(C(C)CC(C)C)nc12. The molecule has 0 spiro atoms. The van der Waals surface area contributed by atoms with Crippen LogP contribution in [0.3, 0.4) is 0 Å². The van der Waals surface area contributed by atoms with E-state index in [1.165, 1.54) is 0 Å². The summed E-state index contributed by atoms with van der Waals surface area (Å²) in [4.78, 5) is 4.65. The Hall–Kier alpha value is -1.71.